The van der Waals surface area contributed by atoms with Crippen molar-refractivity contribution in [1.29, 1.82) is 0 Å². The molecule has 1 aromatic heterocycles. The summed E-state index contributed by atoms with van der Waals surface area (Å²) in [5.74, 6) is 0.864. The van der Waals surface area contributed by atoms with Crippen LogP contribution in [0.5, 0.6) is 5.75 Å². The lowest BCUT2D eigenvalue weighted by atomic mass is 10.1. The first kappa shape index (κ1) is 16.1. The lowest BCUT2D eigenvalue weighted by molar-refractivity contribution is 0.122. The normalized spacial score (nSPS) is 14.5. The van der Waals surface area contributed by atoms with Gasteiger partial charge in [-0.3, -0.25) is 0 Å². The lowest BCUT2D eigenvalue weighted by Crippen LogP contribution is -2.36. The van der Waals surface area contributed by atoms with E-state index in [0.29, 0.717) is 0 Å². The minimum atomic E-state index is 0.762. The van der Waals surface area contributed by atoms with Gasteiger partial charge in [-0.1, -0.05) is 41.7 Å². The highest BCUT2D eigenvalue weighted by molar-refractivity contribution is 7.19. The SMILES string of the molecule is COc1ccc(-c2sc(N3CCOCC3)nc2-c2ccccc2)cc1. The number of rotatable bonds is 4. The van der Waals surface area contributed by atoms with Crippen LogP contribution in [0, 0.1) is 0 Å². The molecule has 3 aromatic rings. The zero-order valence-corrected chi connectivity index (χ0v) is 15.0. The van der Waals surface area contributed by atoms with Crippen molar-refractivity contribution in [3.05, 3.63) is 54.6 Å². The summed E-state index contributed by atoms with van der Waals surface area (Å²) in [5.41, 5.74) is 3.35. The van der Waals surface area contributed by atoms with Crippen LogP contribution in [0.1, 0.15) is 0 Å². The van der Waals surface area contributed by atoms with Crippen molar-refractivity contribution >= 4 is 16.5 Å². The van der Waals surface area contributed by atoms with Crippen LogP contribution >= 0.6 is 11.3 Å². The van der Waals surface area contributed by atoms with Gasteiger partial charge in [-0.2, -0.15) is 0 Å². The molecule has 0 aliphatic carbocycles. The fraction of sp³-hybridized carbons (Fsp3) is 0.250. The molecule has 0 atom stereocenters. The van der Waals surface area contributed by atoms with Crippen LogP contribution in [0.2, 0.25) is 0 Å². The third-order valence-electron chi connectivity index (χ3n) is 4.30. The van der Waals surface area contributed by atoms with Crippen LogP contribution in [0.25, 0.3) is 21.7 Å². The Morgan fingerprint density at radius 3 is 2.36 bits per heavy atom. The predicted octanol–water partition coefficient (Wildman–Crippen LogP) is 4.32. The lowest BCUT2D eigenvalue weighted by Gasteiger charge is -2.26. The van der Waals surface area contributed by atoms with Crippen LogP contribution in [0.3, 0.4) is 0 Å². The van der Waals surface area contributed by atoms with Gasteiger partial charge in [-0.05, 0) is 29.8 Å². The topological polar surface area (TPSA) is 34.6 Å². The largest absolute Gasteiger partial charge is 0.497 e. The van der Waals surface area contributed by atoms with Gasteiger partial charge in [0.25, 0.3) is 0 Å². The third-order valence-corrected chi connectivity index (χ3v) is 5.46. The van der Waals surface area contributed by atoms with E-state index in [1.807, 2.05) is 18.2 Å². The highest BCUT2D eigenvalue weighted by Crippen LogP contribution is 2.40. The van der Waals surface area contributed by atoms with Crippen molar-refractivity contribution in [3.63, 3.8) is 0 Å². The summed E-state index contributed by atoms with van der Waals surface area (Å²) in [6.07, 6.45) is 0. The van der Waals surface area contributed by atoms with Gasteiger partial charge in [0.1, 0.15) is 5.75 Å². The van der Waals surface area contributed by atoms with Crippen LogP contribution in [-0.4, -0.2) is 38.4 Å². The highest BCUT2D eigenvalue weighted by Gasteiger charge is 2.20. The maximum atomic E-state index is 5.47. The molecule has 0 spiro atoms. The van der Waals surface area contributed by atoms with Crippen molar-refractivity contribution in [3.8, 4) is 27.4 Å². The number of aromatic nitrogens is 1. The number of nitrogens with zero attached hydrogens (tertiary/aromatic N) is 2. The molecule has 0 amide bonds. The van der Waals surface area contributed by atoms with E-state index in [4.69, 9.17) is 14.5 Å². The molecule has 128 valence electrons. The summed E-state index contributed by atoms with van der Waals surface area (Å²) in [6, 6.07) is 18.6. The fourth-order valence-corrected chi connectivity index (χ4v) is 4.07. The fourth-order valence-electron chi connectivity index (χ4n) is 2.93. The van der Waals surface area contributed by atoms with E-state index in [-0.39, 0.29) is 0 Å². The molecule has 0 N–H and O–H groups in total. The average molecular weight is 352 g/mol. The van der Waals surface area contributed by atoms with Gasteiger partial charge in [0.15, 0.2) is 5.13 Å². The van der Waals surface area contributed by atoms with Crippen molar-refractivity contribution in [2.45, 2.75) is 0 Å². The number of hydrogen-bond acceptors (Lipinski definition) is 5. The number of anilines is 1. The Morgan fingerprint density at radius 1 is 0.960 bits per heavy atom. The second-order valence-electron chi connectivity index (χ2n) is 5.87. The highest BCUT2D eigenvalue weighted by atomic mass is 32.1. The Morgan fingerprint density at radius 2 is 1.68 bits per heavy atom. The molecular weight excluding hydrogens is 332 g/mol. The molecule has 0 bridgehead atoms. The first-order valence-corrected chi connectivity index (χ1v) is 9.20. The molecule has 25 heavy (non-hydrogen) atoms. The predicted molar refractivity (Wildman–Crippen MR) is 103 cm³/mol. The van der Waals surface area contributed by atoms with E-state index < -0.39 is 0 Å². The molecule has 0 unspecified atom stereocenters. The Kier molecular flexibility index (Phi) is 4.68. The van der Waals surface area contributed by atoms with Crippen molar-refractivity contribution < 1.29 is 9.47 Å². The van der Waals surface area contributed by atoms with Crippen LogP contribution in [0.4, 0.5) is 5.13 Å². The van der Waals surface area contributed by atoms with Gasteiger partial charge in [0.05, 0.1) is 30.9 Å². The maximum absolute atomic E-state index is 5.47. The average Bonchev–Trinajstić information content (AvgIpc) is 3.15. The number of hydrogen-bond donors (Lipinski definition) is 0. The molecule has 5 heteroatoms. The second kappa shape index (κ2) is 7.25. The van der Waals surface area contributed by atoms with E-state index in [1.54, 1.807) is 18.4 Å². The van der Waals surface area contributed by atoms with E-state index in [2.05, 4.69) is 41.3 Å². The molecule has 4 rings (SSSR count). The molecule has 2 heterocycles. The molecule has 0 saturated carbocycles. The van der Waals surface area contributed by atoms with Crippen LogP contribution < -0.4 is 9.64 Å². The van der Waals surface area contributed by atoms with E-state index in [9.17, 15) is 0 Å². The van der Waals surface area contributed by atoms with Gasteiger partial charge in [0.2, 0.25) is 0 Å². The summed E-state index contributed by atoms with van der Waals surface area (Å²) in [6.45, 7) is 3.31. The Bertz CT molecular complexity index is 825. The van der Waals surface area contributed by atoms with Gasteiger partial charge in [-0.25, -0.2) is 4.98 Å². The van der Waals surface area contributed by atoms with Gasteiger partial charge in [0, 0.05) is 18.7 Å². The zero-order valence-electron chi connectivity index (χ0n) is 14.1. The number of thiazole rings is 1. The minimum Gasteiger partial charge on any atom is -0.497 e. The summed E-state index contributed by atoms with van der Waals surface area (Å²) in [5, 5.41) is 1.06. The summed E-state index contributed by atoms with van der Waals surface area (Å²) in [4.78, 5) is 8.48. The van der Waals surface area contributed by atoms with E-state index >= 15 is 0 Å². The molecule has 2 aromatic carbocycles. The summed E-state index contributed by atoms with van der Waals surface area (Å²) < 4.78 is 10.8. The molecule has 1 saturated heterocycles. The molecule has 1 aliphatic rings. The number of morpholine rings is 1. The Hall–Kier alpha value is -2.37. The van der Waals surface area contributed by atoms with Gasteiger partial charge in [-0.15, -0.1) is 0 Å². The first-order chi connectivity index (χ1) is 12.3. The Balaban J connectivity index is 1.78. The number of benzene rings is 2. The zero-order chi connectivity index (χ0) is 17.1. The van der Waals surface area contributed by atoms with Crippen molar-refractivity contribution in [2.75, 3.05) is 38.3 Å². The molecule has 1 aliphatic heterocycles. The third kappa shape index (κ3) is 3.38. The smallest absolute Gasteiger partial charge is 0.186 e. The van der Waals surface area contributed by atoms with Crippen molar-refractivity contribution in [2.24, 2.45) is 0 Å². The summed E-state index contributed by atoms with van der Waals surface area (Å²) >= 11 is 1.75. The Labute approximate surface area is 151 Å². The quantitative estimate of drug-likeness (QED) is 0.700. The van der Waals surface area contributed by atoms with Gasteiger partial charge < -0.3 is 14.4 Å². The molecule has 1 fully saturated rings. The van der Waals surface area contributed by atoms with Crippen LogP contribution in [0.15, 0.2) is 54.6 Å². The maximum Gasteiger partial charge on any atom is 0.186 e. The first-order valence-electron chi connectivity index (χ1n) is 8.38. The number of methoxy groups -OCH3 is 1. The van der Waals surface area contributed by atoms with Gasteiger partial charge >= 0.3 is 0 Å². The van der Waals surface area contributed by atoms with Crippen LogP contribution in [-0.2, 0) is 4.74 Å². The second-order valence-corrected chi connectivity index (χ2v) is 6.85. The van der Waals surface area contributed by atoms with Crippen molar-refractivity contribution in [1.82, 2.24) is 4.98 Å². The monoisotopic (exact) mass is 352 g/mol. The molecule has 4 nitrogen and oxygen atoms in total. The minimum absolute atomic E-state index is 0.762. The number of ether oxygens (including phenoxy) is 2. The molecule has 0 radical (unpaired) electrons. The molecular formula is C20H20N2O2S. The summed E-state index contributed by atoms with van der Waals surface area (Å²) in [7, 11) is 1.69. The van der Waals surface area contributed by atoms with E-state index in [0.717, 1.165) is 54.0 Å². The standard InChI is InChI=1S/C20H20N2O2S/c1-23-17-9-7-16(8-10-17)19-18(15-5-3-2-4-6-15)21-20(25-19)22-11-13-24-14-12-22/h2-10H,11-14H2,1H3. The van der Waals surface area contributed by atoms with E-state index in [1.165, 1.54) is 4.88 Å².